The molecule has 8 aromatic rings. The predicted molar refractivity (Wildman–Crippen MR) is 199 cm³/mol. The molecular formula is C45H34N2. The molecule has 2 heterocycles. The van der Waals surface area contributed by atoms with Crippen molar-refractivity contribution in [2.75, 3.05) is 0 Å². The quantitative estimate of drug-likeness (QED) is 0.190. The van der Waals surface area contributed by atoms with Gasteiger partial charge >= 0.3 is 0 Å². The molecule has 224 valence electrons. The Labute approximate surface area is 274 Å². The van der Waals surface area contributed by atoms with Gasteiger partial charge in [0.05, 0.1) is 27.8 Å². The summed E-state index contributed by atoms with van der Waals surface area (Å²) in [6.45, 7) is 4.78. The minimum absolute atomic E-state index is 0.00576. The molecule has 47 heavy (non-hydrogen) atoms. The molecule has 2 nitrogen and oxygen atoms in total. The average Bonchev–Trinajstić information content (AvgIpc) is 3.72. The van der Waals surface area contributed by atoms with Crippen LogP contribution in [-0.4, -0.2) is 9.13 Å². The normalized spacial score (nSPS) is 15.3. The van der Waals surface area contributed by atoms with Crippen LogP contribution >= 0.6 is 0 Å². The molecule has 0 radical (unpaired) electrons. The van der Waals surface area contributed by atoms with Gasteiger partial charge in [-0.1, -0.05) is 105 Å². The number of fused-ring (bicyclic) bond motifs is 8. The van der Waals surface area contributed by atoms with E-state index in [0.29, 0.717) is 0 Å². The van der Waals surface area contributed by atoms with Crippen molar-refractivity contribution in [2.24, 2.45) is 0 Å². The van der Waals surface area contributed by atoms with Crippen LogP contribution in [0, 0.1) is 0 Å². The van der Waals surface area contributed by atoms with Crippen LogP contribution in [0.2, 0.25) is 0 Å². The van der Waals surface area contributed by atoms with Gasteiger partial charge in [0.2, 0.25) is 0 Å². The highest BCUT2D eigenvalue weighted by Gasteiger charge is 2.38. The number of nitrogens with zero attached hydrogens (tertiary/aromatic N) is 2. The van der Waals surface area contributed by atoms with Gasteiger partial charge in [0, 0.05) is 38.2 Å². The van der Waals surface area contributed by atoms with Gasteiger partial charge in [-0.2, -0.15) is 0 Å². The number of aromatic nitrogens is 2. The molecule has 0 bridgehead atoms. The van der Waals surface area contributed by atoms with Crippen LogP contribution in [-0.2, 0) is 5.41 Å². The van der Waals surface area contributed by atoms with Crippen molar-refractivity contribution in [2.45, 2.75) is 32.1 Å². The highest BCUT2D eigenvalue weighted by atomic mass is 15.0. The van der Waals surface area contributed by atoms with Crippen LogP contribution < -0.4 is 0 Å². The Kier molecular flexibility index (Phi) is 5.49. The van der Waals surface area contributed by atoms with E-state index >= 15 is 0 Å². The fraction of sp³-hybridized carbons (Fsp3) is 0.111. The second kappa shape index (κ2) is 9.70. The minimum atomic E-state index is 0.00576. The predicted octanol–water partition coefficient (Wildman–Crippen LogP) is 11.9. The van der Waals surface area contributed by atoms with Gasteiger partial charge in [-0.05, 0) is 95.3 Å². The molecule has 2 aromatic heterocycles. The third-order valence-electron chi connectivity index (χ3n) is 10.8. The fourth-order valence-corrected chi connectivity index (χ4v) is 8.64. The Bertz CT molecular complexity index is 2640. The molecule has 0 unspecified atom stereocenters. The summed E-state index contributed by atoms with van der Waals surface area (Å²) < 4.78 is 4.90. The standard InChI is InChI=1S/C45H34N2/c1-45(2)37-18-9-6-17-34(37)44-38(45)19-12-22-43(44)47-40-21-11-8-16-33(40)36-28-30(24-26-42(36)47)29-23-25-41-35(27-29)32-15-7-10-20-39(32)46(41)31-13-4-3-5-14-31/h3-5,7-16,18-28H,6,17H2,1-2H3. The summed E-state index contributed by atoms with van der Waals surface area (Å²) in [7, 11) is 0. The van der Waals surface area contributed by atoms with E-state index in [2.05, 4.69) is 169 Å². The molecule has 6 aromatic carbocycles. The summed E-state index contributed by atoms with van der Waals surface area (Å²) >= 11 is 0. The van der Waals surface area contributed by atoms with Crippen molar-refractivity contribution >= 4 is 49.2 Å². The summed E-state index contributed by atoms with van der Waals surface area (Å²) in [5, 5.41) is 5.13. The molecule has 2 heteroatoms. The number of hydrogen-bond acceptors (Lipinski definition) is 0. The summed E-state index contributed by atoms with van der Waals surface area (Å²) in [6, 6.07) is 49.4. The fourth-order valence-electron chi connectivity index (χ4n) is 8.64. The number of allylic oxidation sites excluding steroid dienone is 4. The molecule has 10 rings (SSSR count). The highest BCUT2D eigenvalue weighted by molar-refractivity contribution is 6.13. The van der Waals surface area contributed by atoms with E-state index in [-0.39, 0.29) is 5.41 Å². The van der Waals surface area contributed by atoms with Crippen molar-refractivity contribution in [1.82, 2.24) is 9.13 Å². The molecule has 0 aliphatic heterocycles. The van der Waals surface area contributed by atoms with E-state index in [0.717, 1.165) is 12.8 Å². The lowest BCUT2D eigenvalue weighted by molar-refractivity contribution is 0.651. The van der Waals surface area contributed by atoms with E-state index in [9.17, 15) is 0 Å². The summed E-state index contributed by atoms with van der Waals surface area (Å²) in [5.74, 6) is 0. The van der Waals surface area contributed by atoms with E-state index in [4.69, 9.17) is 0 Å². The molecule has 0 saturated carbocycles. The third kappa shape index (κ3) is 3.67. The molecule has 0 fully saturated rings. The van der Waals surface area contributed by atoms with E-state index in [1.165, 1.54) is 88.4 Å². The first kappa shape index (κ1) is 26.6. The van der Waals surface area contributed by atoms with Crippen LogP contribution in [0.25, 0.3) is 71.7 Å². The van der Waals surface area contributed by atoms with Crippen LogP contribution in [0.15, 0.2) is 151 Å². The van der Waals surface area contributed by atoms with Crippen molar-refractivity contribution in [1.29, 1.82) is 0 Å². The maximum Gasteiger partial charge on any atom is 0.0541 e. The lowest BCUT2D eigenvalue weighted by Crippen LogP contribution is -2.16. The molecule has 0 spiro atoms. The zero-order chi connectivity index (χ0) is 31.3. The zero-order valence-corrected chi connectivity index (χ0v) is 26.7. The van der Waals surface area contributed by atoms with Crippen molar-refractivity contribution in [3.63, 3.8) is 0 Å². The molecule has 0 saturated heterocycles. The average molecular weight is 603 g/mol. The Morgan fingerprint density at radius 1 is 0.532 bits per heavy atom. The molecule has 0 N–H and O–H groups in total. The number of para-hydroxylation sites is 3. The first-order valence-electron chi connectivity index (χ1n) is 16.8. The van der Waals surface area contributed by atoms with Gasteiger partial charge in [0.15, 0.2) is 0 Å². The smallest absolute Gasteiger partial charge is 0.0541 e. The lowest BCUT2D eigenvalue weighted by Gasteiger charge is -2.24. The van der Waals surface area contributed by atoms with E-state index in [1.54, 1.807) is 0 Å². The van der Waals surface area contributed by atoms with Crippen LogP contribution in [0.3, 0.4) is 0 Å². The van der Waals surface area contributed by atoms with Gasteiger partial charge in [-0.3, -0.25) is 0 Å². The third-order valence-corrected chi connectivity index (χ3v) is 10.8. The SMILES string of the molecule is CC1(C)C2=C(CCC=C2)c2c(-n3c4ccccc4c4cc(-c5ccc6c(c5)c5ccccc5n6-c5ccccc5)ccc43)cccc21. The summed E-state index contributed by atoms with van der Waals surface area (Å²) in [5.41, 5.74) is 15.8. The molecular weight excluding hydrogens is 569 g/mol. The van der Waals surface area contributed by atoms with Gasteiger partial charge < -0.3 is 9.13 Å². The Morgan fingerprint density at radius 2 is 1.13 bits per heavy atom. The maximum absolute atomic E-state index is 2.52. The second-order valence-electron chi connectivity index (χ2n) is 13.7. The monoisotopic (exact) mass is 602 g/mol. The maximum atomic E-state index is 2.52. The highest BCUT2D eigenvalue weighted by Crippen LogP contribution is 2.52. The zero-order valence-electron chi connectivity index (χ0n) is 26.7. The van der Waals surface area contributed by atoms with E-state index < -0.39 is 0 Å². The van der Waals surface area contributed by atoms with Crippen molar-refractivity contribution in [3.05, 3.63) is 162 Å². The first-order chi connectivity index (χ1) is 23.1. The first-order valence-corrected chi connectivity index (χ1v) is 16.8. The van der Waals surface area contributed by atoms with Gasteiger partial charge in [0.1, 0.15) is 0 Å². The van der Waals surface area contributed by atoms with Gasteiger partial charge in [0.25, 0.3) is 0 Å². The van der Waals surface area contributed by atoms with Crippen molar-refractivity contribution in [3.8, 4) is 22.5 Å². The number of rotatable bonds is 3. The Hall–Kier alpha value is -5.60. The summed E-state index contributed by atoms with van der Waals surface area (Å²) in [4.78, 5) is 0. The molecule has 2 aliphatic rings. The largest absolute Gasteiger partial charge is 0.309 e. The van der Waals surface area contributed by atoms with Gasteiger partial charge in [-0.25, -0.2) is 0 Å². The van der Waals surface area contributed by atoms with Gasteiger partial charge in [-0.15, -0.1) is 0 Å². The molecule has 2 aliphatic carbocycles. The van der Waals surface area contributed by atoms with E-state index in [1.807, 2.05) is 0 Å². The van der Waals surface area contributed by atoms with Crippen molar-refractivity contribution < 1.29 is 0 Å². The van der Waals surface area contributed by atoms with Crippen LogP contribution in [0.5, 0.6) is 0 Å². The minimum Gasteiger partial charge on any atom is -0.309 e. The van der Waals surface area contributed by atoms with Crippen LogP contribution in [0.1, 0.15) is 37.8 Å². The molecule has 0 amide bonds. The summed E-state index contributed by atoms with van der Waals surface area (Å²) in [6.07, 6.45) is 6.94. The number of benzene rings is 6. The second-order valence-corrected chi connectivity index (χ2v) is 13.7. The van der Waals surface area contributed by atoms with Crippen LogP contribution in [0.4, 0.5) is 0 Å². The number of hydrogen-bond donors (Lipinski definition) is 0. The topological polar surface area (TPSA) is 9.86 Å². The Morgan fingerprint density at radius 3 is 1.83 bits per heavy atom. The molecule has 0 atom stereocenters. The Balaban J connectivity index is 1.19. The lowest BCUT2D eigenvalue weighted by atomic mass is 9.80.